The molecule has 154 valence electrons. The van der Waals surface area contributed by atoms with Crippen LogP contribution in [0.1, 0.15) is 18.1 Å². The van der Waals surface area contributed by atoms with Crippen molar-refractivity contribution in [3.05, 3.63) is 64.1 Å². The van der Waals surface area contributed by atoms with E-state index in [1.54, 1.807) is 38.2 Å². The van der Waals surface area contributed by atoms with Crippen LogP contribution in [0, 0.1) is 6.92 Å². The number of hydrogen-bond donors (Lipinski definition) is 2. The lowest BCUT2D eigenvalue weighted by Gasteiger charge is -2.12. The number of benzene rings is 2. The number of halogens is 1. The van der Waals surface area contributed by atoms with E-state index in [0.717, 1.165) is 5.39 Å². The first kappa shape index (κ1) is 20.4. The minimum atomic E-state index is -3.93. The van der Waals surface area contributed by atoms with Crippen molar-refractivity contribution in [1.29, 1.82) is 0 Å². The number of hydrogen-bond acceptors (Lipinski definition) is 5. The molecule has 7 nitrogen and oxygen atoms in total. The van der Waals surface area contributed by atoms with Crippen molar-refractivity contribution in [2.24, 2.45) is 21.7 Å². The Morgan fingerprint density at radius 2 is 1.87 bits per heavy atom. The number of nitrogens with zero attached hydrogens (tertiary/aromatic N) is 3. The maximum atomic E-state index is 13.8. The summed E-state index contributed by atoms with van der Waals surface area (Å²) in [6.07, 6.45) is 1.55. The van der Waals surface area contributed by atoms with Gasteiger partial charge in [0.05, 0.1) is 15.9 Å². The minimum absolute atomic E-state index is 0.178. The summed E-state index contributed by atoms with van der Waals surface area (Å²) < 4.78 is 29.5. The molecule has 2 aromatic carbocycles. The Morgan fingerprint density at radius 1 is 1.13 bits per heavy atom. The highest BCUT2D eigenvalue weighted by atomic mass is 35.5. The van der Waals surface area contributed by atoms with Crippen molar-refractivity contribution in [3.8, 4) is 0 Å². The molecule has 0 fully saturated rings. The van der Waals surface area contributed by atoms with Crippen LogP contribution in [0.15, 0.2) is 63.1 Å². The van der Waals surface area contributed by atoms with Gasteiger partial charge in [-0.05, 0) is 43.0 Å². The molecule has 4 aromatic rings. The first-order valence-electron chi connectivity index (χ1n) is 8.87. The first-order valence-corrected chi connectivity index (χ1v) is 11.6. The molecular formula is C20H18ClN5O2S2. The molecule has 0 atom stereocenters. The third-order valence-corrected chi connectivity index (χ3v) is 7.97. The zero-order valence-electron chi connectivity index (χ0n) is 16.1. The fourth-order valence-electron chi connectivity index (χ4n) is 3.43. The fraction of sp³-hybridized carbons (Fsp3) is 0.100. The molecule has 0 aliphatic rings. The maximum absolute atomic E-state index is 13.8. The molecule has 0 aliphatic carbocycles. The monoisotopic (exact) mass is 459 g/mol. The number of fused-ring (bicyclic) bond motifs is 2. The number of para-hydroxylation sites is 1. The van der Waals surface area contributed by atoms with E-state index in [1.807, 2.05) is 23.6 Å². The van der Waals surface area contributed by atoms with Crippen molar-refractivity contribution in [2.75, 3.05) is 0 Å². The summed E-state index contributed by atoms with van der Waals surface area (Å²) in [5.74, 6) is -0.178. The highest BCUT2D eigenvalue weighted by Gasteiger charge is 2.27. The smallest absolute Gasteiger partial charge is 0.269 e. The van der Waals surface area contributed by atoms with Gasteiger partial charge in [-0.15, -0.1) is 16.4 Å². The highest BCUT2D eigenvalue weighted by molar-refractivity contribution is 7.90. The summed E-state index contributed by atoms with van der Waals surface area (Å²) in [5, 5.41) is 11.5. The number of aryl methyl sites for hydroxylation is 1. The summed E-state index contributed by atoms with van der Waals surface area (Å²) in [4.78, 5) is 0.239. The van der Waals surface area contributed by atoms with E-state index in [4.69, 9.17) is 23.1 Å². The summed E-state index contributed by atoms with van der Waals surface area (Å²) >= 11 is 7.68. The van der Waals surface area contributed by atoms with Crippen molar-refractivity contribution >= 4 is 65.6 Å². The van der Waals surface area contributed by atoms with Gasteiger partial charge in [0.25, 0.3) is 10.0 Å². The number of thiophene rings is 1. The van der Waals surface area contributed by atoms with Crippen LogP contribution in [0.3, 0.4) is 0 Å². The number of aromatic nitrogens is 1. The van der Waals surface area contributed by atoms with Crippen molar-refractivity contribution in [3.63, 3.8) is 0 Å². The molecule has 2 aromatic heterocycles. The van der Waals surface area contributed by atoms with Crippen LogP contribution in [-0.2, 0) is 10.0 Å². The predicted molar refractivity (Wildman–Crippen MR) is 124 cm³/mol. The Kier molecular flexibility index (Phi) is 5.05. The molecule has 0 saturated heterocycles. The van der Waals surface area contributed by atoms with Gasteiger partial charge in [-0.2, -0.15) is 5.10 Å². The molecule has 0 spiro atoms. The van der Waals surface area contributed by atoms with Gasteiger partial charge in [-0.1, -0.05) is 29.8 Å². The van der Waals surface area contributed by atoms with Crippen molar-refractivity contribution in [1.82, 2.24) is 3.97 Å². The normalized spacial score (nSPS) is 12.6. The quantitative estimate of drug-likeness (QED) is 0.272. The van der Waals surface area contributed by atoms with Crippen LogP contribution in [0.2, 0.25) is 5.02 Å². The van der Waals surface area contributed by atoms with Crippen LogP contribution in [0.4, 0.5) is 0 Å². The fourth-order valence-corrected chi connectivity index (χ4v) is 6.85. The molecule has 2 heterocycles. The van der Waals surface area contributed by atoms with E-state index < -0.39 is 10.0 Å². The van der Waals surface area contributed by atoms with E-state index in [9.17, 15) is 8.42 Å². The Labute approximate surface area is 182 Å². The summed E-state index contributed by atoms with van der Waals surface area (Å²) in [6, 6.07) is 10.7. The summed E-state index contributed by atoms with van der Waals surface area (Å²) in [7, 11) is -3.93. The Hall–Kier alpha value is -2.88. The summed E-state index contributed by atoms with van der Waals surface area (Å²) in [6.45, 7) is 3.46. The van der Waals surface area contributed by atoms with Crippen molar-refractivity contribution in [2.45, 2.75) is 18.7 Å². The first-order chi connectivity index (χ1) is 14.2. The average Bonchev–Trinajstić information content (AvgIpc) is 3.31. The van der Waals surface area contributed by atoms with Crippen molar-refractivity contribution < 1.29 is 8.42 Å². The Bertz CT molecular complexity index is 1460. The zero-order chi connectivity index (χ0) is 21.6. The highest BCUT2D eigenvalue weighted by Crippen LogP contribution is 2.38. The largest absolute Gasteiger partial charge is 0.369 e. The van der Waals surface area contributed by atoms with Crippen LogP contribution < -0.4 is 11.5 Å². The lowest BCUT2D eigenvalue weighted by molar-refractivity contribution is 0.589. The van der Waals surface area contributed by atoms with Crippen LogP contribution in [0.25, 0.3) is 21.0 Å². The second-order valence-corrected chi connectivity index (χ2v) is 9.81. The molecule has 0 unspecified atom stereocenters. The van der Waals surface area contributed by atoms with E-state index in [1.165, 1.54) is 15.3 Å². The molecule has 4 rings (SSSR count). The Balaban J connectivity index is 2.03. The molecule has 0 radical (unpaired) electrons. The average molecular weight is 460 g/mol. The third kappa shape index (κ3) is 3.24. The van der Waals surface area contributed by atoms with E-state index in [2.05, 4.69) is 10.2 Å². The molecule has 0 saturated carbocycles. The molecule has 0 aliphatic heterocycles. The maximum Gasteiger partial charge on any atom is 0.269 e. The van der Waals surface area contributed by atoms with Gasteiger partial charge in [-0.3, -0.25) is 0 Å². The molecule has 0 bridgehead atoms. The van der Waals surface area contributed by atoms with Gasteiger partial charge in [0, 0.05) is 27.6 Å². The standard InChI is InChI=1S/C20H18ClN5O2S2/c1-11-9-16(21)14-7-8-29-18(14)19(11)30(27,28)26-10-15(12(2)24-25-20(22)23)13-5-3-4-6-17(13)26/h3-10H,1-2H3,(H4,22,23,25)/b24-12-. The van der Waals surface area contributed by atoms with Gasteiger partial charge in [0.1, 0.15) is 4.90 Å². The minimum Gasteiger partial charge on any atom is -0.369 e. The van der Waals surface area contributed by atoms with Gasteiger partial charge < -0.3 is 11.5 Å². The van der Waals surface area contributed by atoms with Crippen LogP contribution >= 0.6 is 22.9 Å². The SMILES string of the molecule is C/C(=N/N=C(N)N)c1cn(S(=O)(=O)c2c(C)cc(Cl)c3ccsc23)c2ccccc12. The lowest BCUT2D eigenvalue weighted by atomic mass is 10.1. The van der Waals surface area contributed by atoms with Crippen LogP contribution in [0.5, 0.6) is 0 Å². The van der Waals surface area contributed by atoms with Gasteiger partial charge in [-0.25, -0.2) is 12.4 Å². The molecular weight excluding hydrogens is 442 g/mol. The van der Waals surface area contributed by atoms with E-state index in [0.29, 0.717) is 37.5 Å². The lowest BCUT2D eigenvalue weighted by Crippen LogP contribution is -2.22. The molecule has 0 amide bonds. The topological polar surface area (TPSA) is 116 Å². The number of guanidine groups is 1. The predicted octanol–water partition coefficient (Wildman–Crippen LogP) is 4.05. The Morgan fingerprint density at radius 3 is 2.60 bits per heavy atom. The van der Waals surface area contributed by atoms with E-state index in [-0.39, 0.29) is 10.9 Å². The molecule has 4 N–H and O–H groups in total. The third-order valence-electron chi connectivity index (χ3n) is 4.73. The number of rotatable bonds is 4. The second-order valence-electron chi connectivity index (χ2n) is 6.74. The van der Waals surface area contributed by atoms with Gasteiger partial charge >= 0.3 is 0 Å². The zero-order valence-corrected chi connectivity index (χ0v) is 18.5. The van der Waals surface area contributed by atoms with E-state index >= 15 is 0 Å². The number of nitrogens with two attached hydrogens (primary N) is 2. The molecule has 10 heteroatoms. The molecule has 30 heavy (non-hydrogen) atoms. The van der Waals surface area contributed by atoms with Crippen LogP contribution in [-0.4, -0.2) is 24.1 Å². The summed E-state index contributed by atoms with van der Waals surface area (Å²) in [5.41, 5.74) is 13.0. The second kappa shape index (κ2) is 7.42. The van der Waals surface area contributed by atoms with Gasteiger partial charge in [0.15, 0.2) is 0 Å². The van der Waals surface area contributed by atoms with Gasteiger partial charge in [0.2, 0.25) is 5.96 Å².